The van der Waals surface area contributed by atoms with Gasteiger partial charge in [-0.1, -0.05) is 30.2 Å². The molecule has 1 aliphatic rings. The molecule has 0 aliphatic carbocycles. The molecule has 1 aromatic rings. The molecule has 0 radical (unpaired) electrons. The summed E-state index contributed by atoms with van der Waals surface area (Å²) >= 11 is 5.94. The van der Waals surface area contributed by atoms with Gasteiger partial charge in [0.05, 0.1) is 0 Å². The lowest BCUT2D eigenvalue weighted by Crippen LogP contribution is -2.35. The van der Waals surface area contributed by atoms with Crippen LogP contribution in [-0.4, -0.2) is 12.6 Å². The summed E-state index contributed by atoms with van der Waals surface area (Å²) in [6.07, 6.45) is 5.09. The fourth-order valence-corrected chi connectivity index (χ4v) is 2.26. The van der Waals surface area contributed by atoms with Crippen molar-refractivity contribution in [2.24, 2.45) is 0 Å². The van der Waals surface area contributed by atoms with E-state index in [0.29, 0.717) is 6.04 Å². The van der Waals surface area contributed by atoms with Crippen molar-refractivity contribution in [1.82, 2.24) is 5.32 Å². The van der Waals surface area contributed by atoms with Crippen LogP contribution in [0.2, 0.25) is 5.02 Å². The zero-order valence-corrected chi connectivity index (χ0v) is 9.06. The van der Waals surface area contributed by atoms with Crippen LogP contribution in [0.25, 0.3) is 0 Å². The second kappa shape index (κ2) is 4.81. The topological polar surface area (TPSA) is 12.0 Å². The highest BCUT2D eigenvalue weighted by Crippen LogP contribution is 2.15. The molecule has 2 rings (SSSR count). The van der Waals surface area contributed by atoms with Crippen molar-refractivity contribution >= 4 is 11.6 Å². The highest BCUT2D eigenvalue weighted by atomic mass is 35.5. The van der Waals surface area contributed by atoms with Gasteiger partial charge in [0.15, 0.2) is 0 Å². The third kappa shape index (κ3) is 2.73. The average molecular weight is 210 g/mol. The van der Waals surface area contributed by atoms with E-state index in [1.165, 1.54) is 31.4 Å². The second-order valence-corrected chi connectivity index (χ2v) is 4.42. The molecule has 0 spiro atoms. The lowest BCUT2D eigenvalue weighted by atomic mass is 9.98. The van der Waals surface area contributed by atoms with Gasteiger partial charge in [-0.25, -0.2) is 0 Å². The molecule has 1 aliphatic heterocycles. The smallest absolute Gasteiger partial charge is 0.0408 e. The van der Waals surface area contributed by atoms with Gasteiger partial charge >= 0.3 is 0 Å². The van der Waals surface area contributed by atoms with Crippen molar-refractivity contribution in [3.63, 3.8) is 0 Å². The van der Waals surface area contributed by atoms with Crippen molar-refractivity contribution in [1.29, 1.82) is 0 Å². The first-order chi connectivity index (χ1) is 6.84. The SMILES string of the molecule is Clc1cccc(C[C@H]2CCCCN2)c1. The van der Waals surface area contributed by atoms with E-state index in [1.54, 1.807) is 0 Å². The Hall–Kier alpha value is -0.530. The Labute approximate surface area is 90.5 Å². The highest BCUT2D eigenvalue weighted by Gasteiger charge is 2.12. The normalized spacial score (nSPS) is 22.2. The van der Waals surface area contributed by atoms with Crippen molar-refractivity contribution in [3.05, 3.63) is 34.9 Å². The summed E-state index contributed by atoms with van der Waals surface area (Å²) < 4.78 is 0. The number of hydrogen-bond acceptors (Lipinski definition) is 1. The van der Waals surface area contributed by atoms with E-state index in [4.69, 9.17) is 11.6 Å². The third-order valence-electron chi connectivity index (χ3n) is 2.78. The molecule has 1 atom stereocenters. The zero-order chi connectivity index (χ0) is 9.80. The maximum atomic E-state index is 5.94. The minimum atomic E-state index is 0.655. The van der Waals surface area contributed by atoms with Crippen LogP contribution >= 0.6 is 11.6 Å². The minimum absolute atomic E-state index is 0.655. The number of nitrogens with one attached hydrogen (secondary N) is 1. The summed E-state index contributed by atoms with van der Waals surface area (Å²) in [6.45, 7) is 1.17. The molecule has 0 bridgehead atoms. The maximum Gasteiger partial charge on any atom is 0.0408 e. The molecular formula is C12H16ClN. The minimum Gasteiger partial charge on any atom is -0.314 e. The largest absolute Gasteiger partial charge is 0.314 e. The van der Waals surface area contributed by atoms with Crippen LogP contribution in [0.3, 0.4) is 0 Å². The summed E-state index contributed by atoms with van der Waals surface area (Å²) in [5.41, 5.74) is 1.34. The van der Waals surface area contributed by atoms with Crippen LogP contribution in [0.1, 0.15) is 24.8 Å². The fraction of sp³-hybridized carbons (Fsp3) is 0.500. The van der Waals surface area contributed by atoms with Gasteiger partial charge in [-0.2, -0.15) is 0 Å². The summed E-state index contributed by atoms with van der Waals surface area (Å²) in [6, 6.07) is 8.84. The first kappa shape index (κ1) is 10.0. The van der Waals surface area contributed by atoms with E-state index in [1.807, 2.05) is 12.1 Å². The summed E-state index contributed by atoms with van der Waals surface area (Å²) in [5.74, 6) is 0. The first-order valence-corrected chi connectivity index (χ1v) is 5.70. The monoisotopic (exact) mass is 209 g/mol. The van der Waals surface area contributed by atoms with E-state index >= 15 is 0 Å². The molecule has 1 fully saturated rings. The van der Waals surface area contributed by atoms with E-state index < -0.39 is 0 Å². The lowest BCUT2D eigenvalue weighted by molar-refractivity contribution is 0.399. The second-order valence-electron chi connectivity index (χ2n) is 3.98. The highest BCUT2D eigenvalue weighted by molar-refractivity contribution is 6.30. The third-order valence-corrected chi connectivity index (χ3v) is 3.02. The molecule has 1 heterocycles. The fourth-order valence-electron chi connectivity index (χ4n) is 2.05. The summed E-state index contributed by atoms with van der Waals surface area (Å²) in [4.78, 5) is 0. The molecule has 0 amide bonds. The maximum absolute atomic E-state index is 5.94. The Morgan fingerprint density at radius 2 is 2.29 bits per heavy atom. The van der Waals surface area contributed by atoms with Gasteiger partial charge in [-0.05, 0) is 43.5 Å². The first-order valence-electron chi connectivity index (χ1n) is 5.32. The van der Waals surface area contributed by atoms with Crippen molar-refractivity contribution < 1.29 is 0 Å². The van der Waals surface area contributed by atoms with Crippen molar-refractivity contribution in [3.8, 4) is 0 Å². The van der Waals surface area contributed by atoms with Crippen molar-refractivity contribution in [2.75, 3.05) is 6.54 Å². The van der Waals surface area contributed by atoms with Gasteiger partial charge in [0, 0.05) is 11.1 Å². The van der Waals surface area contributed by atoms with Crippen LogP contribution in [0, 0.1) is 0 Å². The van der Waals surface area contributed by atoms with Crippen LogP contribution in [0.4, 0.5) is 0 Å². The van der Waals surface area contributed by atoms with Crippen LogP contribution < -0.4 is 5.32 Å². The molecule has 0 unspecified atom stereocenters. The molecule has 14 heavy (non-hydrogen) atoms. The van der Waals surface area contributed by atoms with Gasteiger partial charge < -0.3 is 5.32 Å². The lowest BCUT2D eigenvalue weighted by Gasteiger charge is -2.23. The molecule has 0 aromatic heterocycles. The van der Waals surface area contributed by atoms with Gasteiger partial charge in [-0.3, -0.25) is 0 Å². The molecule has 1 aromatic carbocycles. The van der Waals surface area contributed by atoms with Gasteiger partial charge in [0.2, 0.25) is 0 Å². The van der Waals surface area contributed by atoms with Gasteiger partial charge in [-0.15, -0.1) is 0 Å². The molecule has 76 valence electrons. The number of piperidine rings is 1. The molecule has 0 saturated carbocycles. The standard InChI is InChI=1S/C12H16ClN/c13-11-5-3-4-10(8-11)9-12-6-1-2-7-14-12/h3-5,8,12,14H,1-2,6-7,9H2/t12-/m1/s1. The van der Waals surface area contributed by atoms with E-state index in [9.17, 15) is 0 Å². The number of hydrogen-bond donors (Lipinski definition) is 1. The Morgan fingerprint density at radius 3 is 3.00 bits per heavy atom. The zero-order valence-electron chi connectivity index (χ0n) is 8.30. The Morgan fingerprint density at radius 1 is 1.36 bits per heavy atom. The molecular weight excluding hydrogens is 194 g/mol. The van der Waals surface area contributed by atoms with Crippen LogP contribution in [0.5, 0.6) is 0 Å². The Kier molecular flexibility index (Phi) is 3.44. The Balaban J connectivity index is 1.95. The predicted octanol–water partition coefficient (Wildman–Crippen LogP) is 3.02. The quantitative estimate of drug-likeness (QED) is 0.790. The van der Waals surface area contributed by atoms with Crippen LogP contribution in [0.15, 0.2) is 24.3 Å². The van der Waals surface area contributed by atoms with Gasteiger partial charge in [0.25, 0.3) is 0 Å². The van der Waals surface area contributed by atoms with E-state index in [0.717, 1.165) is 11.4 Å². The molecule has 1 nitrogen and oxygen atoms in total. The predicted molar refractivity (Wildman–Crippen MR) is 60.8 cm³/mol. The van der Waals surface area contributed by atoms with E-state index in [2.05, 4.69) is 17.4 Å². The average Bonchev–Trinajstić information content (AvgIpc) is 2.19. The van der Waals surface area contributed by atoms with Crippen LogP contribution in [-0.2, 0) is 6.42 Å². The van der Waals surface area contributed by atoms with Gasteiger partial charge in [0.1, 0.15) is 0 Å². The summed E-state index contributed by atoms with van der Waals surface area (Å²) in [5, 5.41) is 4.39. The molecule has 1 N–H and O–H groups in total. The number of rotatable bonds is 2. The van der Waals surface area contributed by atoms with Crippen molar-refractivity contribution in [2.45, 2.75) is 31.7 Å². The molecule has 2 heteroatoms. The van der Waals surface area contributed by atoms with E-state index in [-0.39, 0.29) is 0 Å². The Bertz CT molecular complexity index is 292. The number of halogens is 1. The summed E-state index contributed by atoms with van der Waals surface area (Å²) in [7, 11) is 0. The molecule has 1 saturated heterocycles. The number of benzene rings is 1.